The van der Waals surface area contributed by atoms with Crippen LogP contribution in [-0.4, -0.2) is 36.7 Å². The standard InChI is InChI=1S/C14H17N3O4S/c1-2-22(18,19)16-11-7-15-17(8-11)9-12-10-20-13-5-3-4-6-14(13)21-12/h3-8,12,16H,2,9-10H2,1H3. The highest BCUT2D eigenvalue weighted by atomic mass is 32.2. The first-order valence-corrected chi connectivity index (χ1v) is 8.62. The summed E-state index contributed by atoms with van der Waals surface area (Å²) in [6.07, 6.45) is 2.94. The van der Waals surface area contributed by atoms with Gasteiger partial charge in [0.15, 0.2) is 17.6 Å². The molecule has 2 heterocycles. The Morgan fingerprint density at radius 1 is 1.36 bits per heavy atom. The zero-order valence-electron chi connectivity index (χ0n) is 12.1. The van der Waals surface area contributed by atoms with Crippen LogP contribution in [0.15, 0.2) is 36.7 Å². The van der Waals surface area contributed by atoms with Crippen LogP contribution in [0.5, 0.6) is 11.5 Å². The number of rotatable bonds is 5. The molecule has 2 aromatic rings. The van der Waals surface area contributed by atoms with Gasteiger partial charge in [0, 0.05) is 6.20 Å². The molecule has 0 aliphatic carbocycles. The maximum atomic E-state index is 11.5. The highest BCUT2D eigenvalue weighted by Crippen LogP contribution is 2.31. The lowest BCUT2D eigenvalue weighted by Crippen LogP contribution is -2.33. The van der Waals surface area contributed by atoms with E-state index in [0.29, 0.717) is 24.6 Å². The number of hydrogen-bond acceptors (Lipinski definition) is 5. The number of aromatic nitrogens is 2. The largest absolute Gasteiger partial charge is 0.486 e. The van der Waals surface area contributed by atoms with E-state index in [4.69, 9.17) is 9.47 Å². The van der Waals surface area contributed by atoms with Gasteiger partial charge in [-0.1, -0.05) is 12.1 Å². The molecule has 118 valence electrons. The summed E-state index contributed by atoms with van der Waals surface area (Å²) in [5, 5.41) is 4.14. The van der Waals surface area contributed by atoms with E-state index >= 15 is 0 Å². The second-order valence-corrected chi connectivity index (χ2v) is 6.97. The van der Waals surface area contributed by atoms with Crippen molar-refractivity contribution in [1.82, 2.24) is 9.78 Å². The molecule has 7 nitrogen and oxygen atoms in total. The Hall–Kier alpha value is -2.22. The fraction of sp³-hybridized carbons (Fsp3) is 0.357. The zero-order chi connectivity index (χ0) is 15.6. The topological polar surface area (TPSA) is 82.5 Å². The van der Waals surface area contributed by atoms with Gasteiger partial charge in [-0.05, 0) is 19.1 Å². The van der Waals surface area contributed by atoms with Crippen LogP contribution in [-0.2, 0) is 16.6 Å². The van der Waals surface area contributed by atoms with E-state index in [1.165, 1.54) is 6.20 Å². The summed E-state index contributed by atoms with van der Waals surface area (Å²) >= 11 is 0. The average Bonchev–Trinajstić information content (AvgIpc) is 2.93. The number of nitrogens with zero attached hydrogens (tertiary/aromatic N) is 2. The molecule has 0 saturated carbocycles. The third kappa shape index (κ3) is 3.33. The highest BCUT2D eigenvalue weighted by Gasteiger charge is 2.21. The van der Waals surface area contributed by atoms with Gasteiger partial charge >= 0.3 is 0 Å². The van der Waals surface area contributed by atoms with Gasteiger partial charge in [0.2, 0.25) is 10.0 Å². The van der Waals surface area contributed by atoms with Gasteiger partial charge in [-0.3, -0.25) is 9.40 Å². The number of hydrogen-bond donors (Lipinski definition) is 1. The second kappa shape index (κ2) is 5.88. The summed E-state index contributed by atoms with van der Waals surface area (Å²) in [7, 11) is -3.29. The Labute approximate surface area is 128 Å². The van der Waals surface area contributed by atoms with E-state index in [9.17, 15) is 8.42 Å². The van der Waals surface area contributed by atoms with E-state index in [-0.39, 0.29) is 11.9 Å². The van der Waals surface area contributed by atoms with Crippen molar-refractivity contribution in [2.24, 2.45) is 0 Å². The van der Waals surface area contributed by atoms with Crippen molar-refractivity contribution in [2.45, 2.75) is 19.6 Å². The molecule has 0 fully saturated rings. The highest BCUT2D eigenvalue weighted by molar-refractivity contribution is 7.92. The molecule has 0 amide bonds. The van der Waals surface area contributed by atoms with Crippen LogP contribution in [0.2, 0.25) is 0 Å². The third-order valence-corrected chi connectivity index (χ3v) is 4.55. The molecule has 0 radical (unpaired) electrons. The first kappa shape index (κ1) is 14.7. The Bertz CT molecular complexity index is 757. The zero-order valence-corrected chi connectivity index (χ0v) is 12.9. The van der Waals surface area contributed by atoms with Gasteiger partial charge in [-0.15, -0.1) is 0 Å². The molecule has 8 heteroatoms. The van der Waals surface area contributed by atoms with Crippen molar-refractivity contribution in [2.75, 3.05) is 17.1 Å². The minimum Gasteiger partial charge on any atom is -0.486 e. The Kier molecular flexibility index (Phi) is 3.93. The van der Waals surface area contributed by atoms with Crippen molar-refractivity contribution < 1.29 is 17.9 Å². The van der Waals surface area contributed by atoms with Crippen LogP contribution < -0.4 is 14.2 Å². The smallest absolute Gasteiger partial charge is 0.232 e. The molecule has 0 spiro atoms. The number of ether oxygens (including phenoxy) is 2. The first-order valence-electron chi connectivity index (χ1n) is 6.97. The number of anilines is 1. The number of benzene rings is 1. The van der Waals surface area contributed by atoms with Gasteiger partial charge in [-0.25, -0.2) is 8.42 Å². The van der Waals surface area contributed by atoms with Crippen molar-refractivity contribution in [3.8, 4) is 11.5 Å². The summed E-state index contributed by atoms with van der Waals surface area (Å²) < 4.78 is 38.6. The van der Waals surface area contributed by atoms with Crippen LogP contribution >= 0.6 is 0 Å². The van der Waals surface area contributed by atoms with E-state index < -0.39 is 10.0 Å². The van der Waals surface area contributed by atoms with Crippen LogP contribution in [0, 0.1) is 0 Å². The summed E-state index contributed by atoms with van der Waals surface area (Å²) in [6.45, 7) is 2.48. The van der Waals surface area contributed by atoms with E-state index in [2.05, 4.69) is 9.82 Å². The number of nitrogens with one attached hydrogen (secondary N) is 1. The monoisotopic (exact) mass is 323 g/mol. The molecule has 1 aromatic carbocycles. The van der Waals surface area contributed by atoms with Gasteiger partial charge < -0.3 is 9.47 Å². The molecule has 1 aliphatic rings. The van der Waals surface area contributed by atoms with Crippen molar-refractivity contribution in [3.05, 3.63) is 36.7 Å². The fourth-order valence-corrected chi connectivity index (χ4v) is 2.74. The van der Waals surface area contributed by atoms with Crippen molar-refractivity contribution >= 4 is 15.7 Å². The normalized spacial score (nSPS) is 17.2. The lowest BCUT2D eigenvalue weighted by atomic mass is 10.2. The predicted octanol–water partition coefficient (Wildman–Crippen LogP) is 1.48. The summed E-state index contributed by atoms with van der Waals surface area (Å²) in [5.74, 6) is 1.46. The predicted molar refractivity (Wildman–Crippen MR) is 81.7 cm³/mol. The Morgan fingerprint density at radius 3 is 2.91 bits per heavy atom. The number of fused-ring (bicyclic) bond motifs is 1. The molecule has 0 saturated heterocycles. The molecular weight excluding hydrogens is 306 g/mol. The van der Waals surface area contributed by atoms with Gasteiger partial charge in [0.1, 0.15) is 6.61 Å². The molecule has 1 N–H and O–H groups in total. The molecule has 0 bridgehead atoms. The van der Waals surface area contributed by atoms with Crippen molar-refractivity contribution in [3.63, 3.8) is 0 Å². The first-order chi connectivity index (χ1) is 10.6. The summed E-state index contributed by atoms with van der Waals surface area (Å²) in [6, 6.07) is 7.49. The number of sulfonamides is 1. The van der Waals surface area contributed by atoms with Crippen LogP contribution in [0.25, 0.3) is 0 Å². The SMILES string of the molecule is CCS(=O)(=O)Nc1cnn(CC2COc3ccccc3O2)c1. The molecule has 1 atom stereocenters. The fourth-order valence-electron chi connectivity index (χ4n) is 2.13. The molecule has 22 heavy (non-hydrogen) atoms. The molecular formula is C14H17N3O4S. The molecule has 1 aliphatic heterocycles. The van der Waals surface area contributed by atoms with Crippen LogP contribution in [0.1, 0.15) is 6.92 Å². The molecule has 3 rings (SSSR count). The Morgan fingerprint density at radius 2 is 2.14 bits per heavy atom. The maximum absolute atomic E-state index is 11.5. The average molecular weight is 323 g/mol. The number of para-hydroxylation sites is 2. The van der Waals surface area contributed by atoms with Crippen LogP contribution in [0.4, 0.5) is 5.69 Å². The minimum absolute atomic E-state index is 0.0224. The molecule has 1 unspecified atom stereocenters. The van der Waals surface area contributed by atoms with Gasteiger partial charge in [0.05, 0.1) is 24.2 Å². The van der Waals surface area contributed by atoms with E-state index in [1.54, 1.807) is 17.8 Å². The maximum Gasteiger partial charge on any atom is 0.232 e. The quantitative estimate of drug-likeness (QED) is 0.901. The van der Waals surface area contributed by atoms with Crippen LogP contribution in [0.3, 0.4) is 0 Å². The lowest BCUT2D eigenvalue weighted by Gasteiger charge is -2.26. The summed E-state index contributed by atoms with van der Waals surface area (Å²) in [5.41, 5.74) is 0.443. The summed E-state index contributed by atoms with van der Waals surface area (Å²) in [4.78, 5) is 0. The Balaban J connectivity index is 1.64. The van der Waals surface area contributed by atoms with Gasteiger partial charge in [-0.2, -0.15) is 5.10 Å². The molecule has 1 aromatic heterocycles. The minimum atomic E-state index is -3.29. The van der Waals surface area contributed by atoms with E-state index in [1.807, 2.05) is 24.3 Å². The van der Waals surface area contributed by atoms with Crippen molar-refractivity contribution in [1.29, 1.82) is 0 Å². The third-order valence-electron chi connectivity index (χ3n) is 3.24. The van der Waals surface area contributed by atoms with Gasteiger partial charge in [0.25, 0.3) is 0 Å². The lowest BCUT2D eigenvalue weighted by molar-refractivity contribution is 0.0759. The second-order valence-electron chi connectivity index (χ2n) is 4.95. The van der Waals surface area contributed by atoms with E-state index in [0.717, 1.165) is 5.75 Å².